The number of hydrogen-bond acceptors (Lipinski definition) is 4. The molecule has 0 aliphatic carbocycles. The first-order valence-electron chi connectivity index (χ1n) is 8.41. The van der Waals surface area contributed by atoms with Crippen LogP contribution in [0.25, 0.3) is 5.41 Å². The molecule has 0 aromatic heterocycles. The van der Waals surface area contributed by atoms with Crippen LogP contribution in [0.4, 0.5) is 0 Å². The predicted molar refractivity (Wildman–Crippen MR) is 104 cm³/mol. The predicted octanol–water partition coefficient (Wildman–Crippen LogP) is 0.893. The van der Waals surface area contributed by atoms with Gasteiger partial charge in [0.25, 0.3) is 0 Å². The standard InChI is InChI=1S/C15H13N2O2S.C4H9NO/c1-9-12(15(18)19-2)13(10-6-4-3-5-7-10)11(8-16)14(20)17-9;1-3-6-4-2-5-1/h3-7,13H,1-2H3,(H,17,20);5H,1-4H2/q-1;/p+1. The zero-order chi connectivity index (χ0) is 18.9. The fourth-order valence-electron chi connectivity index (χ4n) is 2.85. The normalized spacial score (nSPS) is 19.7. The van der Waals surface area contributed by atoms with E-state index in [2.05, 4.69) is 16.5 Å². The largest absolute Gasteiger partial charge is 0.763 e. The average molecular weight is 373 g/mol. The molecule has 0 bridgehead atoms. The molecule has 3 rings (SSSR count). The van der Waals surface area contributed by atoms with Crippen LogP contribution in [0.3, 0.4) is 0 Å². The Balaban J connectivity index is 0.000000342. The Bertz CT molecular complexity index is 724. The van der Waals surface area contributed by atoms with Crippen LogP contribution in [0.2, 0.25) is 0 Å². The number of thiocarbonyl (C=S) groups is 1. The van der Waals surface area contributed by atoms with Gasteiger partial charge < -0.3 is 25.5 Å². The van der Waals surface area contributed by atoms with E-state index in [0.717, 1.165) is 31.9 Å². The van der Waals surface area contributed by atoms with Gasteiger partial charge in [-0.05, 0) is 12.5 Å². The van der Waals surface area contributed by atoms with E-state index in [4.69, 9.17) is 21.7 Å². The number of hydrogen-bond donors (Lipinski definition) is 2. The summed E-state index contributed by atoms with van der Waals surface area (Å²) in [6.07, 6.45) is 0. The third-order valence-electron chi connectivity index (χ3n) is 4.12. The maximum absolute atomic E-state index is 12.0. The lowest BCUT2D eigenvalue weighted by Gasteiger charge is -2.30. The molecule has 26 heavy (non-hydrogen) atoms. The van der Waals surface area contributed by atoms with E-state index >= 15 is 0 Å². The van der Waals surface area contributed by atoms with Crippen LogP contribution in [0, 0.1) is 0 Å². The minimum atomic E-state index is -0.484. The summed E-state index contributed by atoms with van der Waals surface area (Å²) in [5, 5.41) is 14.5. The summed E-state index contributed by atoms with van der Waals surface area (Å²) in [5.74, 6) is 1.16. The van der Waals surface area contributed by atoms with Crippen molar-refractivity contribution in [3.63, 3.8) is 0 Å². The second-order valence-electron chi connectivity index (χ2n) is 5.83. The second-order valence-corrected chi connectivity index (χ2v) is 6.24. The number of quaternary nitrogens is 1. The van der Waals surface area contributed by atoms with E-state index in [1.807, 2.05) is 30.3 Å². The monoisotopic (exact) mass is 373 g/mol. The molecule has 1 fully saturated rings. The zero-order valence-electron chi connectivity index (χ0n) is 15.0. The van der Waals surface area contributed by atoms with Gasteiger partial charge in [0, 0.05) is 11.3 Å². The van der Waals surface area contributed by atoms with Gasteiger partial charge in [0.2, 0.25) is 0 Å². The van der Waals surface area contributed by atoms with Crippen molar-refractivity contribution in [2.45, 2.75) is 12.8 Å². The van der Waals surface area contributed by atoms with Crippen molar-refractivity contribution >= 4 is 29.0 Å². The highest BCUT2D eigenvalue weighted by Gasteiger charge is 2.34. The lowest BCUT2D eigenvalue weighted by atomic mass is 9.81. The summed E-state index contributed by atoms with van der Waals surface area (Å²) in [6, 6.07) is 9.33. The third kappa shape index (κ3) is 4.86. The number of nitrogens with zero attached hydrogens (tertiary/aromatic N) is 1. The molecule has 0 saturated carbocycles. The highest BCUT2D eigenvalue weighted by molar-refractivity contribution is 7.80. The van der Waals surface area contributed by atoms with Crippen molar-refractivity contribution in [1.29, 1.82) is 0 Å². The van der Waals surface area contributed by atoms with Gasteiger partial charge in [0.05, 0.1) is 44.9 Å². The molecular formula is C19H23N3O3S. The summed E-state index contributed by atoms with van der Waals surface area (Å²) in [6.45, 7) is 5.95. The summed E-state index contributed by atoms with van der Waals surface area (Å²) in [5.41, 5.74) is 2.24. The summed E-state index contributed by atoms with van der Waals surface area (Å²) < 4.78 is 9.88. The van der Waals surface area contributed by atoms with Crippen LogP contribution in [-0.4, -0.2) is 50.2 Å². The first-order chi connectivity index (χ1) is 12.6. The molecular weight excluding hydrogens is 350 g/mol. The number of methoxy groups -OCH3 is 1. The average Bonchev–Trinajstić information content (AvgIpc) is 2.69. The van der Waals surface area contributed by atoms with Crippen molar-refractivity contribution in [2.75, 3.05) is 33.4 Å². The molecule has 138 valence electrons. The Kier molecular flexibility index (Phi) is 7.69. The van der Waals surface area contributed by atoms with E-state index in [0.29, 0.717) is 21.8 Å². The fraction of sp³-hybridized carbons (Fsp3) is 0.368. The third-order valence-corrected chi connectivity index (χ3v) is 4.44. The number of morpholine rings is 1. The number of nitrogens with two attached hydrogens (primary N) is 1. The van der Waals surface area contributed by atoms with Gasteiger partial charge in [-0.3, -0.25) is 5.87 Å². The van der Waals surface area contributed by atoms with Crippen molar-refractivity contribution in [1.82, 2.24) is 5.32 Å². The molecule has 1 atom stereocenters. The first-order valence-corrected chi connectivity index (χ1v) is 8.82. The highest BCUT2D eigenvalue weighted by atomic mass is 32.1. The molecule has 0 spiro atoms. The topological polar surface area (TPSA) is 86.5 Å². The van der Waals surface area contributed by atoms with Crippen LogP contribution >= 0.6 is 12.2 Å². The smallest absolute Gasteiger partial charge is 0.336 e. The Hall–Kier alpha value is -2.31. The van der Waals surface area contributed by atoms with Crippen LogP contribution < -0.4 is 10.6 Å². The SMILES string of the molecule is C1COCC[NH2+]1.COC(=O)C1=C(C)NC(=S)C(=C=[N-])C1c1ccccc1. The summed E-state index contributed by atoms with van der Waals surface area (Å²) in [4.78, 5) is 12.4. The molecule has 7 heteroatoms. The Morgan fingerprint density at radius 3 is 2.46 bits per heavy atom. The molecule has 0 amide bonds. The van der Waals surface area contributed by atoms with Gasteiger partial charge in [-0.15, -0.1) is 0 Å². The molecule has 3 N–H and O–H groups in total. The number of benzene rings is 1. The molecule has 2 aliphatic rings. The Morgan fingerprint density at radius 2 is 2.00 bits per heavy atom. The van der Waals surface area contributed by atoms with E-state index < -0.39 is 11.9 Å². The zero-order valence-corrected chi connectivity index (χ0v) is 15.8. The number of carbonyl (C=O) groups excluding carboxylic acids is 1. The van der Waals surface area contributed by atoms with Crippen LogP contribution in [0.15, 0.2) is 47.2 Å². The van der Waals surface area contributed by atoms with Crippen molar-refractivity contribution < 1.29 is 19.6 Å². The van der Waals surface area contributed by atoms with Crippen LogP contribution in [-0.2, 0) is 14.3 Å². The molecule has 2 aliphatic heterocycles. The number of allylic oxidation sites excluding steroid dienone is 1. The van der Waals surface area contributed by atoms with E-state index in [1.165, 1.54) is 7.11 Å². The maximum atomic E-state index is 12.0. The fourth-order valence-corrected chi connectivity index (χ4v) is 3.17. The minimum Gasteiger partial charge on any atom is -0.763 e. The molecule has 1 aromatic rings. The minimum absolute atomic E-state index is 0.353. The Morgan fingerprint density at radius 1 is 1.35 bits per heavy atom. The van der Waals surface area contributed by atoms with Crippen LogP contribution in [0.1, 0.15) is 18.4 Å². The van der Waals surface area contributed by atoms with E-state index in [9.17, 15) is 10.2 Å². The quantitative estimate of drug-likeness (QED) is 0.348. The van der Waals surface area contributed by atoms with Gasteiger partial charge >= 0.3 is 5.97 Å². The van der Waals surface area contributed by atoms with Crippen LogP contribution in [0.5, 0.6) is 0 Å². The van der Waals surface area contributed by atoms with Gasteiger partial charge in [0.15, 0.2) is 0 Å². The van der Waals surface area contributed by atoms with Gasteiger partial charge in [-0.25, -0.2) is 4.79 Å². The first kappa shape index (κ1) is 20.0. The Labute approximate surface area is 158 Å². The molecule has 1 saturated heterocycles. The van der Waals surface area contributed by atoms with E-state index in [-0.39, 0.29) is 0 Å². The van der Waals surface area contributed by atoms with E-state index in [1.54, 1.807) is 6.92 Å². The molecule has 6 nitrogen and oxygen atoms in total. The number of carbonyl (C=O) groups is 1. The van der Waals surface area contributed by atoms with Gasteiger partial charge in [0.1, 0.15) is 4.99 Å². The molecule has 2 heterocycles. The number of rotatable bonds is 2. The summed E-state index contributed by atoms with van der Waals surface area (Å²) in [7, 11) is 1.32. The van der Waals surface area contributed by atoms with Gasteiger partial charge in [-0.2, -0.15) is 0 Å². The lowest BCUT2D eigenvalue weighted by molar-refractivity contribution is -0.670. The lowest BCUT2D eigenvalue weighted by Crippen LogP contribution is -2.87. The maximum Gasteiger partial charge on any atom is 0.336 e. The summed E-state index contributed by atoms with van der Waals surface area (Å²) >= 11 is 5.20. The van der Waals surface area contributed by atoms with Crippen molar-refractivity contribution in [3.05, 3.63) is 58.1 Å². The van der Waals surface area contributed by atoms with Crippen molar-refractivity contribution in [2.24, 2.45) is 0 Å². The number of nitrogens with one attached hydrogen (secondary N) is 1. The van der Waals surface area contributed by atoms with Crippen molar-refractivity contribution in [3.8, 4) is 0 Å². The van der Waals surface area contributed by atoms with Gasteiger partial charge in [-0.1, -0.05) is 42.5 Å². The molecule has 1 aromatic carbocycles. The molecule has 0 radical (unpaired) electrons. The number of ether oxygens (including phenoxy) is 2. The molecule has 1 unspecified atom stereocenters. The second kappa shape index (κ2) is 9.99. The number of esters is 1. The highest BCUT2D eigenvalue weighted by Crippen LogP contribution is 2.36.